The van der Waals surface area contributed by atoms with Gasteiger partial charge in [-0.2, -0.15) is 0 Å². The fourth-order valence-electron chi connectivity index (χ4n) is 1.89. The lowest BCUT2D eigenvalue weighted by atomic mass is 10.3. The Morgan fingerprint density at radius 3 is 2.90 bits per heavy atom. The molecule has 5 nitrogen and oxygen atoms in total. The van der Waals surface area contributed by atoms with Gasteiger partial charge in [-0.25, -0.2) is 13.1 Å². The van der Waals surface area contributed by atoms with Gasteiger partial charge in [0.05, 0.1) is 16.3 Å². The largest absolute Gasteiger partial charge is 0.324 e. The van der Waals surface area contributed by atoms with E-state index in [4.69, 9.17) is 0 Å². The molecular weight excluding hydrogens is 328 g/mol. The van der Waals surface area contributed by atoms with Crippen LogP contribution < -0.4 is 10.0 Å². The lowest BCUT2D eigenvalue weighted by Crippen LogP contribution is -2.24. The van der Waals surface area contributed by atoms with Crippen LogP contribution in [-0.4, -0.2) is 20.1 Å². The molecule has 0 saturated heterocycles. The number of nitrogens with one attached hydrogen (secondary N) is 2. The van der Waals surface area contributed by atoms with E-state index in [1.165, 1.54) is 29.2 Å². The highest BCUT2D eigenvalue weighted by Crippen LogP contribution is 2.33. The standard InChI is InChI=1S/C13H12N2O3S3/c16-13-8-20-12-4-3-10(6-11(12)15-13)21(17,18)14-7-9-2-1-5-19-9/h1-6,14H,7-8H2,(H,15,16). The summed E-state index contributed by atoms with van der Waals surface area (Å²) in [6.07, 6.45) is 0. The number of thioether (sulfide) groups is 1. The zero-order chi connectivity index (χ0) is 14.9. The molecule has 110 valence electrons. The second kappa shape index (κ2) is 5.80. The minimum Gasteiger partial charge on any atom is -0.324 e. The number of rotatable bonds is 4. The molecule has 0 unspecified atom stereocenters. The minimum atomic E-state index is -3.59. The van der Waals surface area contributed by atoms with Crippen LogP contribution in [0, 0.1) is 0 Å². The molecule has 1 amide bonds. The Labute approximate surface area is 130 Å². The van der Waals surface area contributed by atoms with Crippen molar-refractivity contribution in [3.8, 4) is 0 Å². The van der Waals surface area contributed by atoms with Crippen LogP contribution in [0.5, 0.6) is 0 Å². The average molecular weight is 340 g/mol. The van der Waals surface area contributed by atoms with Gasteiger partial charge in [0.2, 0.25) is 15.9 Å². The molecule has 1 aliphatic rings. The van der Waals surface area contributed by atoms with E-state index in [1.54, 1.807) is 12.1 Å². The molecule has 1 aromatic heterocycles. The van der Waals surface area contributed by atoms with E-state index >= 15 is 0 Å². The maximum absolute atomic E-state index is 12.3. The molecule has 0 atom stereocenters. The van der Waals surface area contributed by atoms with Crippen LogP contribution in [0.25, 0.3) is 0 Å². The number of hydrogen-bond acceptors (Lipinski definition) is 5. The first-order valence-corrected chi connectivity index (χ1v) is 9.48. The van der Waals surface area contributed by atoms with Gasteiger partial charge in [-0.05, 0) is 29.6 Å². The van der Waals surface area contributed by atoms with Gasteiger partial charge >= 0.3 is 0 Å². The Bertz CT molecular complexity index is 770. The van der Waals surface area contributed by atoms with Gasteiger partial charge in [0.15, 0.2) is 0 Å². The Kier molecular flexibility index (Phi) is 4.03. The summed E-state index contributed by atoms with van der Waals surface area (Å²) in [6.45, 7) is 0.262. The number of amides is 1. The number of thiophene rings is 1. The van der Waals surface area contributed by atoms with Gasteiger partial charge in [0.1, 0.15) is 0 Å². The molecule has 8 heteroatoms. The number of anilines is 1. The van der Waals surface area contributed by atoms with Crippen LogP contribution in [0.1, 0.15) is 4.88 Å². The van der Waals surface area contributed by atoms with E-state index in [1.807, 2.05) is 17.5 Å². The SMILES string of the molecule is O=C1CSc2ccc(S(=O)(=O)NCc3cccs3)cc2N1. The van der Waals surface area contributed by atoms with Gasteiger partial charge < -0.3 is 5.32 Å². The second-order valence-electron chi connectivity index (χ2n) is 4.40. The molecule has 0 bridgehead atoms. The van der Waals surface area contributed by atoms with E-state index in [9.17, 15) is 13.2 Å². The van der Waals surface area contributed by atoms with Gasteiger partial charge in [0, 0.05) is 16.3 Å². The van der Waals surface area contributed by atoms with Crippen LogP contribution in [0.2, 0.25) is 0 Å². The highest BCUT2D eigenvalue weighted by atomic mass is 32.2. The summed E-state index contributed by atoms with van der Waals surface area (Å²) in [4.78, 5) is 13.4. The quantitative estimate of drug-likeness (QED) is 0.895. The van der Waals surface area contributed by atoms with Crippen LogP contribution >= 0.6 is 23.1 Å². The van der Waals surface area contributed by atoms with Crippen LogP contribution in [0.15, 0.2) is 45.5 Å². The van der Waals surface area contributed by atoms with E-state index in [0.29, 0.717) is 11.4 Å². The molecule has 2 N–H and O–H groups in total. The van der Waals surface area contributed by atoms with Crippen molar-refractivity contribution in [1.82, 2.24) is 4.72 Å². The van der Waals surface area contributed by atoms with Gasteiger partial charge in [-0.3, -0.25) is 4.79 Å². The Hall–Kier alpha value is -1.35. The third-order valence-corrected chi connectivity index (χ3v) is 6.26. The highest BCUT2D eigenvalue weighted by Gasteiger charge is 2.20. The first-order valence-electron chi connectivity index (χ1n) is 6.13. The van der Waals surface area contributed by atoms with E-state index < -0.39 is 10.0 Å². The number of carbonyl (C=O) groups is 1. The molecule has 3 rings (SSSR count). The number of sulfonamides is 1. The average Bonchev–Trinajstić information content (AvgIpc) is 2.98. The molecule has 0 aliphatic carbocycles. The number of fused-ring (bicyclic) bond motifs is 1. The molecule has 0 fully saturated rings. The number of carbonyl (C=O) groups excluding carboxylic acids is 1. The summed E-state index contributed by atoms with van der Waals surface area (Å²) in [5.41, 5.74) is 0.551. The van der Waals surface area contributed by atoms with Crippen molar-refractivity contribution < 1.29 is 13.2 Å². The van der Waals surface area contributed by atoms with Crippen molar-refractivity contribution in [3.63, 3.8) is 0 Å². The molecule has 1 aromatic carbocycles. The molecular formula is C13H12N2O3S3. The van der Waals surface area contributed by atoms with E-state index in [2.05, 4.69) is 10.0 Å². The molecule has 1 aliphatic heterocycles. The normalized spacial score (nSPS) is 14.6. The smallest absolute Gasteiger partial charge is 0.240 e. The van der Waals surface area contributed by atoms with E-state index in [-0.39, 0.29) is 17.3 Å². The van der Waals surface area contributed by atoms with Crippen molar-refractivity contribution in [2.75, 3.05) is 11.1 Å². The van der Waals surface area contributed by atoms with Crippen molar-refractivity contribution in [1.29, 1.82) is 0 Å². The molecule has 0 saturated carbocycles. The maximum Gasteiger partial charge on any atom is 0.240 e. The van der Waals surface area contributed by atoms with Gasteiger partial charge in [-0.15, -0.1) is 23.1 Å². The summed E-state index contributed by atoms with van der Waals surface area (Å²) in [5, 5.41) is 4.59. The van der Waals surface area contributed by atoms with Crippen LogP contribution in [0.3, 0.4) is 0 Å². The van der Waals surface area contributed by atoms with E-state index in [0.717, 1.165) is 9.77 Å². The first kappa shape index (κ1) is 14.6. The monoisotopic (exact) mass is 340 g/mol. The van der Waals surface area contributed by atoms with Gasteiger partial charge in [-0.1, -0.05) is 6.07 Å². The topological polar surface area (TPSA) is 75.3 Å². The number of hydrogen-bond donors (Lipinski definition) is 2. The van der Waals surface area contributed by atoms with Crippen molar-refractivity contribution >= 4 is 44.7 Å². The lowest BCUT2D eigenvalue weighted by molar-refractivity contribution is -0.113. The third kappa shape index (κ3) is 3.29. The highest BCUT2D eigenvalue weighted by molar-refractivity contribution is 8.00. The third-order valence-electron chi connectivity index (χ3n) is 2.91. The first-order chi connectivity index (χ1) is 10.0. The molecule has 2 aromatic rings. The minimum absolute atomic E-state index is 0.117. The fraction of sp³-hybridized carbons (Fsp3) is 0.154. The predicted octanol–water partition coefficient (Wildman–Crippen LogP) is 2.27. The summed E-state index contributed by atoms with van der Waals surface area (Å²) >= 11 is 2.90. The Morgan fingerprint density at radius 2 is 2.14 bits per heavy atom. The summed E-state index contributed by atoms with van der Waals surface area (Å²) in [5.74, 6) is 0.240. The lowest BCUT2D eigenvalue weighted by Gasteiger charge is -2.17. The molecule has 2 heterocycles. The van der Waals surface area contributed by atoms with Crippen LogP contribution in [-0.2, 0) is 21.4 Å². The fourth-order valence-corrected chi connectivity index (χ4v) is 4.45. The Morgan fingerprint density at radius 1 is 1.29 bits per heavy atom. The van der Waals surface area contributed by atoms with Crippen LogP contribution in [0.4, 0.5) is 5.69 Å². The van der Waals surface area contributed by atoms with Crippen molar-refractivity contribution in [2.24, 2.45) is 0 Å². The summed E-state index contributed by atoms with van der Waals surface area (Å²) in [6, 6.07) is 8.52. The van der Waals surface area contributed by atoms with Gasteiger partial charge in [0.25, 0.3) is 0 Å². The molecule has 0 spiro atoms. The maximum atomic E-state index is 12.3. The summed E-state index contributed by atoms with van der Waals surface area (Å²) in [7, 11) is -3.59. The van der Waals surface area contributed by atoms with Crippen molar-refractivity contribution in [3.05, 3.63) is 40.6 Å². The van der Waals surface area contributed by atoms with Crippen molar-refractivity contribution in [2.45, 2.75) is 16.3 Å². The zero-order valence-corrected chi connectivity index (χ0v) is 13.3. The number of benzene rings is 1. The predicted molar refractivity (Wildman–Crippen MR) is 84.1 cm³/mol. The zero-order valence-electron chi connectivity index (χ0n) is 10.8. The Balaban J connectivity index is 1.82. The second-order valence-corrected chi connectivity index (χ2v) is 8.22. The summed E-state index contributed by atoms with van der Waals surface area (Å²) < 4.78 is 27.1. The molecule has 0 radical (unpaired) electrons. The molecule has 21 heavy (non-hydrogen) atoms.